The second kappa shape index (κ2) is 9.53. The van der Waals surface area contributed by atoms with Crippen molar-refractivity contribution >= 4 is 23.3 Å². The van der Waals surface area contributed by atoms with Crippen molar-refractivity contribution in [3.63, 3.8) is 0 Å². The van der Waals surface area contributed by atoms with Crippen molar-refractivity contribution in [2.45, 2.75) is 25.2 Å². The normalized spacial score (nSPS) is 15.6. The Labute approximate surface area is 146 Å². The fourth-order valence-electron chi connectivity index (χ4n) is 1.94. The number of rotatable bonds is 8. The second-order valence-electron chi connectivity index (χ2n) is 5.43. The molecule has 0 bridgehead atoms. The Morgan fingerprint density at radius 2 is 1.40 bits per heavy atom. The van der Waals surface area contributed by atoms with Gasteiger partial charge in [-0.2, -0.15) is 10.2 Å². The molecule has 7 heteroatoms. The third kappa shape index (κ3) is 6.00. The number of aliphatic hydroxyl groups excluding tert-OH is 3. The van der Waals surface area contributed by atoms with Gasteiger partial charge in [-0.3, -0.25) is 10.9 Å². The van der Waals surface area contributed by atoms with E-state index in [2.05, 4.69) is 21.1 Å². The van der Waals surface area contributed by atoms with Crippen LogP contribution in [0.2, 0.25) is 0 Å². The molecule has 132 valence electrons. The molecule has 2 aromatic carbocycles. The SMILES string of the molecule is C[C@H](O)[C@H](O)[C@H](O)C(/C=N/Nc1ccccc1)=N/Nc1ccccc1. The van der Waals surface area contributed by atoms with Gasteiger partial charge in [-0.1, -0.05) is 36.4 Å². The lowest BCUT2D eigenvalue weighted by Gasteiger charge is -2.20. The van der Waals surface area contributed by atoms with E-state index in [-0.39, 0.29) is 5.71 Å². The van der Waals surface area contributed by atoms with Crippen LogP contribution in [0.1, 0.15) is 6.92 Å². The highest BCUT2D eigenvalue weighted by molar-refractivity contribution is 6.33. The minimum atomic E-state index is -1.41. The highest BCUT2D eigenvalue weighted by atomic mass is 16.4. The molecule has 25 heavy (non-hydrogen) atoms. The van der Waals surface area contributed by atoms with Gasteiger partial charge in [0.1, 0.15) is 17.9 Å². The molecule has 0 aliphatic carbocycles. The monoisotopic (exact) mass is 342 g/mol. The van der Waals surface area contributed by atoms with Gasteiger partial charge < -0.3 is 15.3 Å². The van der Waals surface area contributed by atoms with E-state index in [1.54, 1.807) is 12.1 Å². The van der Waals surface area contributed by atoms with Gasteiger partial charge in [0.25, 0.3) is 0 Å². The van der Waals surface area contributed by atoms with Gasteiger partial charge in [-0.05, 0) is 31.2 Å². The summed E-state index contributed by atoms with van der Waals surface area (Å²) in [6.07, 6.45) is -2.62. The maximum Gasteiger partial charge on any atom is 0.128 e. The summed E-state index contributed by atoms with van der Waals surface area (Å²) in [4.78, 5) is 0. The predicted molar refractivity (Wildman–Crippen MR) is 99.8 cm³/mol. The Morgan fingerprint density at radius 3 is 1.92 bits per heavy atom. The molecular weight excluding hydrogens is 320 g/mol. The average molecular weight is 342 g/mol. The second-order valence-corrected chi connectivity index (χ2v) is 5.43. The number of aliphatic hydroxyl groups is 3. The largest absolute Gasteiger partial charge is 0.391 e. The first-order valence-electron chi connectivity index (χ1n) is 7.85. The summed E-state index contributed by atoms with van der Waals surface area (Å²) in [6.45, 7) is 1.38. The van der Waals surface area contributed by atoms with Crippen LogP contribution in [0.5, 0.6) is 0 Å². The lowest BCUT2D eigenvalue weighted by atomic mass is 10.1. The van der Waals surface area contributed by atoms with Gasteiger partial charge in [0.2, 0.25) is 0 Å². The van der Waals surface area contributed by atoms with E-state index in [1.165, 1.54) is 13.1 Å². The van der Waals surface area contributed by atoms with Crippen LogP contribution in [0.3, 0.4) is 0 Å². The number of nitrogens with zero attached hydrogens (tertiary/aromatic N) is 2. The number of benzene rings is 2. The highest BCUT2D eigenvalue weighted by Crippen LogP contribution is 2.08. The standard InChI is InChI=1S/C18H22N4O3/c1-13(23)17(24)18(25)16(22-21-15-10-6-3-7-11-15)12-19-20-14-8-4-2-5-9-14/h2-13,17-18,20-21,23-25H,1H3/b19-12+,22-16+/t13-,17-,18+/m0/s1. The van der Waals surface area contributed by atoms with Crippen LogP contribution in [0.4, 0.5) is 11.4 Å². The van der Waals surface area contributed by atoms with Crippen molar-refractivity contribution in [3.8, 4) is 0 Å². The van der Waals surface area contributed by atoms with E-state index >= 15 is 0 Å². The van der Waals surface area contributed by atoms with Crippen molar-refractivity contribution in [1.82, 2.24) is 0 Å². The van der Waals surface area contributed by atoms with Crippen LogP contribution in [0.15, 0.2) is 70.9 Å². The van der Waals surface area contributed by atoms with E-state index in [4.69, 9.17) is 0 Å². The lowest BCUT2D eigenvalue weighted by Crippen LogP contribution is -2.42. The van der Waals surface area contributed by atoms with Crippen LogP contribution in [0.25, 0.3) is 0 Å². The first-order valence-corrected chi connectivity index (χ1v) is 7.85. The number of hydrogen-bond donors (Lipinski definition) is 5. The zero-order valence-corrected chi connectivity index (χ0v) is 13.8. The topological polar surface area (TPSA) is 109 Å². The Hall–Kier alpha value is -2.74. The first kappa shape index (κ1) is 18.6. The summed E-state index contributed by atoms with van der Waals surface area (Å²) >= 11 is 0. The molecule has 0 spiro atoms. The Balaban J connectivity index is 2.13. The number of anilines is 2. The van der Waals surface area contributed by atoms with Gasteiger partial charge in [-0.25, -0.2) is 0 Å². The summed E-state index contributed by atoms with van der Waals surface area (Å²) in [5, 5.41) is 37.7. The molecule has 0 aliphatic rings. The minimum absolute atomic E-state index is 0.0701. The van der Waals surface area contributed by atoms with Crippen molar-refractivity contribution < 1.29 is 15.3 Å². The molecule has 0 aromatic heterocycles. The number of nitrogens with one attached hydrogen (secondary N) is 2. The highest BCUT2D eigenvalue weighted by Gasteiger charge is 2.25. The van der Waals surface area contributed by atoms with E-state index in [0.29, 0.717) is 5.69 Å². The summed E-state index contributed by atoms with van der Waals surface area (Å²) in [5.74, 6) is 0. The van der Waals surface area contributed by atoms with Gasteiger partial charge in [-0.15, -0.1) is 0 Å². The molecule has 0 amide bonds. The van der Waals surface area contributed by atoms with Crippen molar-refractivity contribution in [1.29, 1.82) is 0 Å². The van der Waals surface area contributed by atoms with Gasteiger partial charge in [0.15, 0.2) is 0 Å². The molecule has 3 atom stereocenters. The molecule has 2 aromatic rings. The maximum absolute atomic E-state index is 10.2. The summed E-state index contributed by atoms with van der Waals surface area (Å²) < 4.78 is 0. The molecular formula is C18H22N4O3. The fourth-order valence-corrected chi connectivity index (χ4v) is 1.94. The Morgan fingerprint density at radius 1 is 0.880 bits per heavy atom. The summed E-state index contributed by atoms with van der Waals surface area (Å²) in [7, 11) is 0. The van der Waals surface area contributed by atoms with E-state index in [0.717, 1.165) is 5.69 Å². The van der Waals surface area contributed by atoms with Crippen LogP contribution in [-0.2, 0) is 0 Å². The summed E-state index contributed by atoms with van der Waals surface area (Å²) in [5.41, 5.74) is 7.13. The smallest absolute Gasteiger partial charge is 0.128 e. The zero-order valence-electron chi connectivity index (χ0n) is 13.8. The number of hydrazone groups is 2. The maximum atomic E-state index is 10.2. The number of para-hydroxylation sites is 2. The van der Waals surface area contributed by atoms with Crippen LogP contribution >= 0.6 is 0 Å². The molecule has 0 saturated carbocycles. The van der Waals surface area contributed by atoms with Crippen LogP contribution in [0, 0.1) is 0 Å². The Bertz CT molecular complexity index is 690. The molecule has 0 unspecified atom stereocenters. The predicted octanol–water partition coefficient (Wildman–Crippen LogP) is 1.65. The van der Waals surface area contributed by atoms with E-state index in [1.807, 2.05) is 48.5 Å². The molecule has 0 fully saturated rings. The summed E-state index contributed by atoms with van der Waals surface area (Å²) in [6, 6.07) is 18.4. The minimum Gasteiger partial charge on any atom is -0.391 e. The van der Waals surface area contributed by atoms with Gasteiger partial charge in [0, 0.05) is 0 Å². The van der Waals surface area contributed by atoms with Crippen LogP contribution in [-0.4, -0.2) is 45.6 Å². The molecule has 5 N–H and O–H groups in total. The van der Waals surface area contributed by atoms with Gasteiger partial charge >= 0.3 is 0 Å². The third-order valence-corrected chi connectivity index (χ3v) is 3.37. The molecule has 0 heterocycles. The van der Waals surface area contributed by atoms with E-state index < -0.39 is 18.3 Å². The zero-order chi connectivity index (χ0) is 18.1. The Kier molecular flexibility index (Phi) is 7.09. The average Bonchev–Trinajstić information content (AvgIpc) is 2.65. The lowest BCUT2D eigenvalue weighted by molar-refractivity contribution is -0.0249. The molecule has 7 nitrogen and oxygen atoms in total. The third-order valence-electron chi connectivity index (χ3n) is 3.37. The van der Waals surface area contributed by atoms with Crippen LogP contribution < -0.4 is 10.9 Å². The quantitative estimate of drug-likeness (QED) is 0.370. The van der Waals surface area contributed by atoms with Crippen molar-refractivity contribution in [3.05, 3.63) is 60.7 Å². The molecule has 0 saturated heterocycles. The first-order chi connectivity index (χ1) is 12.1. The molecule has 2 rings (SSSR count). The van der Waals surface area contributed by atoms with Gasteiger partial charge in [0.05, 0.1) is 23.7 Å². The number of hydrogen-bond acceptors (Lipinski definition) is 7. The van der Waals surface area contributed by atoms with Crippen molar-refractivity contribution in [2.75, 3.05) is 10.9 Å². The van der Waals surface area contributed by atoms with Crippen molar-refractivity contribution in [2.24, 2.45) is 10.2 Å². The van der Waals surface area contributed by atoms with E-state index in [9.17, 15) is 15.3 Å². The molecule has 0 radical (unpaired) electrons. The fraction of sp³-hybridized carbons (Fsp3) is 0.222. The molecule has 0 aliphatic heterocycles.